The fourth-order valence-corrected chi connectivity index (χ4v) is 4.98. The molecule has 1 saturated carbocycles. The Bertz CT molecular complexity index is 849. The average Bonchev–Trinajstić information content (AvgIpc) is 2.89. The fourth-order valence-electron chi connectivity index (χ4n) is 4.98. The van der Waals surface area contributed by atoms with Crippen LogP contribution in [0, 0.1) is 5.41 Å². The highest BCUT2D eigenvalue weighted by Crippen LogP contribution is 2.31. The van der Waals surface area contributed by atoms with Gasteiger partial charge in [-0.25, -0.2) is 0 Å². The third-order valence-corrected chi connectivity index (χ3v) is 6.83. The predicted octanol–water partition coefficient (Wildman–Crippen LogP) is 6.86. The minimum Gasteiger partial charge on any atom is -0.390 e. The molecule has 2 aromatic carbocycles. The van der Waals surface area contributed by atoms with Crippen molar-refractivity contribution in [2.45, 2.75) is 64.8 Å². The number of nitrogens with two attached hydrogens (primary N) is 1. The number of nitrogens with one attached hydrogen (secondary N) is 2. The van der Waals surface area contributed by atoms with E-state index >= 15 is 0 Å². The molecule has 0 bridgehead atoms. The maximum Gasteiger partial charge on any atom is 0.0765 e. The zero-order valence-corrected chi connectivity index (χ0v) is 21.9. The first kappa shape index (κ1) is 28.5. The standard InChI is InChI=1S/C30H42N2.CH4N2/c1-4-32(30(27-17-7-5-8-18-27)28-19-9-6-10-20-28)24-23-31-22-14-13-16-26(3)29-21-12-11-15-25(29)2;2-1-3/h5-10,17-20,30-31H,2,4,11-16,21-24H2,1,3H3;1H,(H3,2,3)/b29-26+;. The van der Waals surface area contributed by atoms with Crippen molar-refractivity contribution < 1.29 is 0 Å². The quantitative estimate of drug-likeness (QED) is 0.179. The smallest absolute Gasteiger partial charge is 0.0765 e. The summed E-state index contributed by atoms with van der Waals surface area (Å²) in [4.78, 5) is 2.58. The molecule has 1 aliphatic rings. The lowest BCUT2D eigenvalue weighted by atomic mass is 9.86. The van der Waals surface area contributed by atoms with E-state index in [9.17, 15) is 0 Å². The van der Waals surface area contributed by atoms with Gasteiger partial charge in [0.05, 0.1) is 12.4 Å². The molecule has 0 amide bonds. The van der Waals surface area contributed by atoms with E-state index in [1.807, 2.05) is 0 Å². The van der Waals surface area contributed by atoms with Gasteiger partial charge < -0.3 is 11.1 Å². The van der Waals surface area contributed by atoms with Crippen molar-refractivity contribution in [1.82, 2.24) is 10.2 Å². The first-order valence-electron chi connectivity index (χ1n) is 13.2. The molecule has 35 heavy (non-hydrogen) atoms. The monoisotopic (exact) mass is 474 g/mol. The zero-order valence-electron chi connectivity index (χ0n) is 21.9. The molecule has 3 rings (SSSR count). The molecule has 4 heteroatoms. The Kier molecular flexibility index (Phi) is 13.7. The van der Waals surface area contributed by atoms with Gasteiger partial charge in [-0.05, 0) is 81.7 Å². The number of likely N-dealkylation sites (N-methyl/N-ethyl adjacent to an activating group) is 1. The lowest BCUT2D eigenvalue weighted by Crippen LogP contribution is -2.36. The van der Waals surface area contributed by atoms with Crippen LogP contribution in [-0.4, -0.2) is 37.4 Å². The Labute approximate surface area is 213 Å². The van der Waals surface area contributed by atoms with Gasteiger partial charge in [0.1, 0.15) is 0 Å². The third-order valence-electron chi connectivity index (χ3n) is 6.83. The van der Waals surface area contributed by atoms with Crippen LogP contribution in [0.5, 0.6) is 0 Å². The Morgan fingerprint density at radius 2 is 1.57 bits per heavy atom. The number of nitrogens with zero attached hydrogens (tertiary/aromatic N) is 1. The number of hydrogen-bond acceptors (Lipinski definition) is 3. The van der Waals surface area contributed by atoms with Crippen molar-refractivity contribution >= 4 is 6.34 Å². The van der Waals surface area contributed by atoms with Gasteiger partial charge in [0.15, 0.2) is 0 Å². The Balaban J connectivity index is 0.00000137. The summed E-state index contributed by atoms with van der Waals surface area (Å²) in [6, 6.07) is 22.1. The zero-order chi connectivity index (χ0) is 25.3. The second-order valence-electron chi connectivity index (χ2n) is 9.30. The van der Waals surface area contributed by atoms with Gasteiger partial charge in [-0.2, -0.15) is 0 Å². The largest absolute Gasteiger partial charge is 0.390 e. The average molecular weight is 475 g/mol. The summed E-state index contributed by atoms with van der Waals surface area (Å²) in [6.07, 6.45) is 9.60. The minimum absolute atomic E-state index is 0.307. The predicted molar refractivity (Wildman–Crippen MR) is 152 cm³/mol. The van der Waals surface area contributed by atoms with Crippen LogP contribution in [0.15, 0.2) is 84.0 Å². The molecule has 0 atom stereocenters. The maximum absolute atomic E-state index is 5.86. The molecule has 1 aliphatic carbocycles. The van der Waals surface area contributed by atoms with Crippen molar-refractivity contribution in [2.24, 2.45) is 5.73 Å². The first-order valence-corrected chi connectivity index (χ1v) is 13.2. The van der Waals surface area contributed by atoms with Crippen LogP contribution in [0.4, 0.5) is 0 Å². The molecule has 0 radical (unpaired) electrons. The van der Waals surface area contributed by atoms with Crippen LogP contribution < -0.4 is 11.1 Å². The second-order valence-corrected chi connectivity index (χ2v) is 9.30. The number of rotatable bonds is 12. The van der Waals surface area contributed by atoms with Crippen LogP contribution in [0.25, 0.3) is 0 Å². The Morgan fingerprint density at radius 1 is 1.00 bits per heavy atom. The summed E-state index contributed by atoms with van der Waals surface area (Å²) in [5.41, 5.74) is 11.7. The lowest BCUT2D eigenvalue weighted by molar-refractivity contribution is 0.237. The molecule has 0 saturated heterocycles. The van der Waals surface area contributed by atoms with E-state index in [2.05, 4.69) is 97.0 Å². The topological polar surface area (TPSA) is 65.1 Å². The molecule has 4 nitrogen and oxygen atoms in total. The number of benzene rings is 2. The lowest BCUT2D eigenvalue weighted by Gasteiger charge is -2.31. The van der Waals surface area contributed by atoms with Crippen molar-refractivity contribution in [3.8, 4) is 0 Å². The van der Waals surface area contributed by atoms with Gasteiger partial charge in [0.2, 0.25) is 0 Å². The van der Waals surface area contributed by atoms with E-state index in [1.54, 1.807) is 11.1 Å². The molecule has 0 aromatic heterocycles. The first-order chi connectivity index (χ1) is 17.1. The summed E-state index contributed by atoms with van der Waals surface area (Å²) in [7, 11) is 0. The molecule has 190 valence electrons. The summed E-state index contributed by atoms with van der Waals surface area (Å²) in [6.45, 7) is 13.1. The molecule has 0 heterocycles. The summed E-state index contributed by atoms with van der Waals surface area (Å²) >= 11 is 0. The van der Waals surface area contributed by atoms with Crippen LogP contribution in [-0.2, 0) is 0 Å². The van der Waals surface area contributed by atoms with Crippen molar-refractivity contribution in [2.75, 3.05) is 26.2 Å². The molecule has 4 N–H and O–H groups in total. The Hall–Kier alpha value is -2.69. The molecule has 2 aromatic rings. The minimum atomic E-state index is 0.307. The van der Waals surface area contributed by atoms with Crippen LogP contribution in [0.1, 0.15) is 76.0 Å². The Morgan fingerprint density at radius 3 is 2.11 bits per heavy atom. The normalized spacial score (nSPS) is 15.0. The van der Waals surface area contributed by atoms with Gasteiger partial charge in [-0.1, -0.05) is 85.3 Å². The highest BCUT2D eigenvalue weighted by atomic mass is 15.2. The van der Waals surface area contributed by atoms with E-state index in [1.165, 1.54) is 61.6 Å². The van der Waals surface area contributed by atoms with Crippen LogP contribution >= 0.6 is 0 Å². The van der Waals surface area contributed by atoms with Crippen LogP contribution in [0.3, 0.4) is 0 Å². The van der Waals surface area contributed by atoms with E-state index < -0.39 is 0 Å². The van der Waals surface area contributed by atoms with Crippen molar-refractivity contribution in [3.63, 3.8) is 0 Å². The van der Waals surface area contributed by atoms with Gasteiger partial charge in [0.25, 0.3) is 0 Å². The van der Waals surface area contributed by atoms with Gasteiger partial charge >= 0.3 is 0 Å². The second kappa shape index (κ2) is 16.9. The van der Waals surface area contributed by atoms with Crippen molar-refractivity contribution in [3.05, 3.63) is 95.1 Å². The molecule has 1 fully saturated rings. The van der Waals surface area contributed by atoms with E-state index in [0.717, 1.165) is 32.5 Å². The van der Waals surface area contributed by atoms with E-state index in [-0.39, 0.29) is 0 Å². The molecule has 0 unspecified atom stereocenters. The third kappa shape index (κ3) is 9.83. The molecular formula is C31H46N4. The molecule has 0 spiro atoms. The molecule has 0 aliphatic heterocycles. The number of hydrogen-bond donors (Lipinski definition) is 3. The van der Waals surface area contributed by atoms with Crippen LogP contribution in [0.2, 0.25) is 0 Å². The van der Waals surface area contributed by atoms with E-state index in [4.69, 9.17) is 5.41 Å². The van der Waals surface area contributed by atoms with Gasteiger partial charge in [-0.3, -0.25) is 10.3 Å². The number of allylic oxidation sites excluding steroid dienone is 3. The SMILES string of the molecule is C=C1CCCC/C1=C(/C)CCCCNCCN(CC)C(c1ccccc1)c1ccccc1.N=CN. The summed E-state index contributed by atoms with van der Waals surface area (Å²) in [5, 5.41) is 9.56. The van der Waals surface area contributed by atoms with Gasteiger partial charge in [-0.15, -0.1) is 0 Å². The maximum atomic E-state index is 5.86. The number of unbranched alkanes of at least 4 members (excludes halogenated alkanes) is 1. The fraction of sp³-hybridized carbons (Fsp3) is 0.452. The van der Waals surface area contributed by atoms with E-state index in [0.29, 0.717) is 6.04 Å². The van der Waals surface area contributed by atoms with Crippen molar-refractivity contribution in [1.29, 1.82) is 5.41 Å². The molecular weight excluding hydrogens is 428 g/mol. The summed E-state index contributed by atoms with van der Waals surface area (Å²) in [5.74, 6) is 0. The summed E-state index contributed by atoms with van der Waals surface area (Å²) < 4.78 is 0. The highest BCUT2D eigenvalue weighted by molar-refractivity contribution is 5.46. The highest BCUT2D eigenvalue weighted by Gasteiger charge is 2.20. The van der Waals surface area contributed by atoms with Gasteiger partial charge in [0, 0.05) is 13.1 Å².